The number of benzene rings is 1. The summed E-state index contributed by atoms with van der Waals surface area (Å²) in [5, 5.41) is 0. The molecule has 0 spiro atoms. The predicted octanol–water partition coefficient (Wildman–Crippen LogP) is 1.63. The number of ether oxygens (including phenoxy) is 2. The van der Waals surface area contributed by atoms with Crippen molar-refractivity contribution >= 4 is 17.8 Å². The van der Waals surface area contributed by atoms with Crippen molar-refractivity contribution in [2.45, 2.75) is 25.6 Å². The smallest absolute Gasteiger partial charge is 0.254 e. The minimum absolute atomic E-state index is 0.109. The number of amides is 2. The van der Waals surface area contributed by atoms with Crippen molar-refractivity contribution in [3.63, 3.8) is 0 Å². The van der Waals surface area contributed by atoms with Gasteiger partial charge in [-0.2, -0.15) is 0 Å². The minimum atomic E-state index is -0.930. The molecule has 1 saturated heterocycles. The first-order valence-corrected chi connectivity index (χ1v) is 10.0. The number of rotatable bonds is 6. The highest BCUT2D eigenvalue weighted by Gasteiger charge is 2.36. The number of methoxy groups -OCH3 is 1. The van der Waals surface area contributed by atoms with E-state index in [1.807, 2.05) is 20.2 Å². The molecule has 9 nitrogen and oxygen atoms in total. The van der Waals surface area contributed by atoms with E-state index in [1.54, 1.807) is 48.0 Å². The van der Waals surface area contributed by atoms with Crippen LogP contribution in [0, 0.1) is 0 Å². The van der Waals surface area contributed by atoms with Crippen LogP contribution >= 0.6 is 0 Å². The molecule has 2 N–H and O–H groups in total. The van der Waals surface area contributed by atoms with Crippen LogP contribution in [0.5, 0.6) is 0 Å². The topological polar surface area (TPSA) is 111 Å². The van der Waals surface area contributed by atoms with Crippen LogP contribution in [0.25, 0.3) is 11.1 Å². The van der Waals surface area contributed by atoms with E-state index in [1.165, 1.54) is 7.11 Å². The van der Waals surface area contributed by atoms with Crippen molar-refractivity contribution in [1.82, 2.24) is 14.9 Å². The normalized spacial score (nSPS) is 16.8. The lowest BCUT2D eigenvalue weighted by Gasteiger charge is -2.37. The quantitative estimate of drug-likeness (QED) is 0.746. The van der Waals surface area contributed by atoms with Gasteiger partial charge in [0.1, 0.15) is 11.7 Å². The van der Waals surface area contributed by atoms with Gasteiger partial charge in [0, 0.05) is 45.1 Å². The number of anilines is 1. The third-order valence-electron chi connectivity index (χ3n) is 5.35. The third-order valence-corrected chi connectivity index (χ3v) is 5.35. The van der Waals surface area contributed by atoms with E-state index in [-0.39, 0.29) is 5.91 Å². The first-order chi connectivity index (χ1) is 14.6. The SMILES string of the molecule is COC(C)(C)C(=O)N1CCO[C@@H](c2nc(N(C)C)ncc2-c2cccc(C(N)=O)c2)C1. The van der Waals surface area contributed by atoms with E-state index < -0.39 is 17.6 Å². The Morgan fingerprint density at radius 1 is 1.32 bits per heavy atom. The van der Waals surface area contributed by atoms with Crippen molar-refractivity contribution in [2.75, 3.05) is 45.8 Å². The number of nitrogens with zero attached hydrogens (tertiary/aromatic N) is 4. The molecule has 0 radical (unpaired) electrons. The molecule has 1 aromatic heterocycles. The molecule has 1 aliphatic rings. The van der Waals surface area contributed by atoms with Gasteiger partial charge >= 0.3 is 0 Å². The van der Waals surface area contributed by atoms with Gasteiger partial charge in [-0.25, -0.2) is 9.97 Å². The molecule has 166 valence electrons. The molecular weight excluding hydrogens is 398 g/mol. The lowest BCUT2D eigenvalue weighted by Crippen LogP contribution is -2.51. The summed E-state index contributed by atoms with van der Waals surface area (Å²) in [7, 11) is 5.23. The van der Waals surface area contributed by atoms with Gasteiger partial charge in [-0.3, -0.25) is 9.59 Å². The van der Waals surface area contributed by atoms with E-state index >= 15 is 0 Å². The molecule has 1 atom stereocenters. The Hall–Kier alpha value is -3.04. The van der Waals surface area contributed by atoms with Crippen molar-refractivity contribution in [3.8, 4) is 11.1 Å². The van der Waals surface area contributed by atoms with E-state index in [0.29, 0.717) is 36.9 Å². The second kappa shape index (κ2) is 8.99. The summed E-state index contributed by atoms with van der Waals surface area (Å²) in [4.78, 5) is 37.3. The van der Waals surface area contributed by atoms with Crippen LogP contribution in [-0.4, -0.2) is 73.2 Å². The summed E-state index contributed by atoms with van der Waals surface area (Å²) in [5.74, 6) is -0.0988. The van der Waals surface area contributed by atoms with E-state index in [2.05, 4.69) is 4.98 Å². The summed E-state index contributed by atoms with van der Waals surface area (Å²) in [6.07, 6.45) is 1.25. The highest BCUT2D eigenvalue weighted by molar-refractivity contribution is 5.94. The van der Waals surface area contributed by atoms with Gasteiger partial charge in [-0.15, -0.1) is 0 Å². The van der Waals surface area contributed by atoms with Crippen LogP contribution in [0.3, 0.4) is 0 Å². The Balaban J connectivity index is 2.02. The number of nitrogens with two attached hydrogens (primary N) is 1. The predicted molar refractivity (Wildman–Crippen MR) is 117 cm³/mol. The average Bonchev–Trinajstić information content (AvgIpc) is 2.78. The second-order valence-corrected chi connectivity index (χ2v) is 8.13. The lowest BCUT2D eigenvalue weighted by atomic mass is 9.99. The zero-order valence-corrected chi connectivity index (χ0v) is 18.6. The molecule has 2 aromatic rings. The fourth-order valence-corrected chi connectivity index (χ4v) is 3.38. The maximum Gasteiger partial charge on any atom is 0.254 e. The van der Waals surface area contributed by atoms with Crippen LogP contribution in [0.15, 0.2) is 30.5 Å². The molecule has 9 heteroatoms. The summed E-state index contributed by atoms with van der Waals surface area (Å²) < 4.78 is 11.4. The number of hydrogen-bond acceptors (Lipinski definition) is 7. The number of carbonyl (C=O) groups excluding carboxylic acids is 2. The number of primary amides is 1. The molecular formula is C22H29N5O4. The fraction of sp³-hybridized carbons (Fsp3) is 0.455. The molecule has 1 aromatic carbocycles. The minimum Gasteiger partial charge on any atom is -0.369 e. The molecule has 2 amide bonds. The van der Waals surface area contributed by atoms with Gasteiger partial charge < -0.3 is 25.0 Å². The van der Waals surface area contributed by atoms with E-state index in [4.69, 9.17) is 20.2 Å². The monoisotopic (exact) mass is 427 g/mol. The Kier molecular flexibility index (Phi) is 6.56. The van der Waals surface area contributed by atoms with Crippen LogP contribution < -0.4 is 10.6 Å². The van der Waals surface area contributed by atoms with Gasteiger partial charge in [0.2, 0.25) is 11.9 Å². The van der Waals surface area contributed by atoms with Gasteiger partial charge in [-0.1, -0.05) is 12.1 Å². The zero-order valence-electron chi connectivity index (χ0n) is 18.6. The summed E-state index contributed by atoms with van der Waals surface area (Å²) in [6.45, 7) is 4.67. The van der Waals surface area contributed by atoms with Crippen LogP contribution in [-0.2, 0) is 14.3 Å². The second-order valence-electron chi connectivity index (χ2n) is 8.13. The van der Waals surface area contributed by atoms with Gasteiger partial charge in [0.25, 0.3) is 5.91 Å². The molecule has 31 heavy (non-hydrogen) atoms. The number of carbonyl (C=O) groups is 2. The summed E-state index contributed by atoms with van der Waals surface area (Å²) in [6, 6.07) is 6.99. The maximum absolute atomic E-state index is 12.9. The Bertz CT molecular complexity index is 976. The highest BCUT2D eigenvalue weighted by Crippen LogP contribution is 2.32. The molecule has 2 heterocycles. The maximum atomic E-state index is 12.9. The Morgan fingerprint density at radius 2 is 2.06 bits per heavy atom. The van der Waals surface area contributed by atoms with Gasteiger partial charge in [0.15, 0.2) is 0 Å². The van der Waals surface area contributed by atoms with Crippen LogP contribution in [0.1, 0.15) is 36.0 Å². The first kappa shape index (κ1) is 22.6. The Morgan fingerprint density at radius 3 is 2.71 bits per heavy atom. The van der Waals surface area contributed by atoms with Gasteiger partial charge in [0.05, 0.1) is 18.8 Å². The molecule has 3 rings (SSSR count). The third kappa shape index (κ3) is 4.83. The number of aromatic nitrogens is 2. The molecule has 0 aliphatic carbocycles. The molecule has 1 aliphatic heterocycles. The molecule has 0 bridgehead atoms. The van der Waals surface area contributed by atoms with Gasteiger partial charge in [-0.05, 0) is 31.5 Å². The fourth-order valence-electron chi connectivity index (χ4n) is 3.38. The van der Waals surface area contributed by atoms with E-state index in [9.17, 15) is 9.59 Å². The van der Waals surface area contributed by atoms with Crippen LogP contribution in [0.2, 0.25) is 0 Å². The molecule has 0 saturated carbocycles. The standard InChI is InChI=1S/C22H29N5O4/c1-22(2,30-5)20(29)27-9-10-31-17(13-27)18-16(12-24-21(25-18)26(3)4)14-7-6-8-15(11-14)19(23)28/h6-8,11-12,17H,9-10,13H2,1-5H3,(H2,23,28)/t17-/m1/s1. The number of morpholine rings is 1. The Labute approximate surface area is 182 Å². The summed E-state index contributed by atoms with van der Waals surface area (Å²) >= 11 is 0. The van der Waals surface area contributed by atoms with Crippen molar-refractivity contribution < 1.29 is 19.1 Å². The zero-order chi connectivity index (χ0) is 22.8. The van der Waals surface area contributed by atoms with Crippen molar-refractivity contribution in [1.29, 1.82) is 0 Å². The highest BCUT2D eigenvalue weighted by atomic mass is 16.5. The molecule has 1 fully saturated rings. The van der Waals surface area contributed by atoms with E-state index in [0.717, 1.165) is 11.1 Å². The largest absolute Gasteiger partial charge is 0.369 e. The number of hydrogen-bond donors (Lipinski definition) is 1. The van der Waals surface area contributed by atoms with Crippen LogP contribution in [0.4, 0.5) is 5.95 Å². The van der Waals surface area contributed by atoms with Crippen molar-refractivity contribution in [2.24, 2.45) is 5.73 Å². The lowest BCUT2D eigenvalue weighted by molar-refractivity contribution is -0.158. The summed E-state index contributed by atoms with van der Waals surface area (Å²) in [5.41, 5.74) is 7.03. The average molecular weight is 428 g/mol. The van der Waals surface area contributed by atoms with Crippen molar-refractivity contribution in [3.05, 3.63) is 41.7 Å². The first-order valence-electron chi connectivity index (χ1n) is 10.0. The molecule has 0 unspecified atom stereocenters.